The Kier molecular flexibility index (Phi) is 6.65. The van der Waals surface area contributed by atoms with Gasteiger partial charge in [-0.2, -0.15) is 0 Å². The molecule has 3 aliphatic heterocycles. The normalized spacial score (nSPS) is 25.4. The number of nitrogens with zero attached hydrogens (tertiary/aromatic N) is 2. The number of hydrogen-bond acceptors (Lipinski definition) is 6. The molecular formula is C29H27Cl2N3O5. The van der Waals surface area contributed by atoms with Gasteiger partial charge in [0.05, 0.1) is 17.5 Å². The molecule has 6 rings (SSSR count). The van der Waals surface area contributed by atoms with Crippen molar-refractivity contribution in [2.45, 2.75) is 49.9 Å². The van der Waals surface area contributed by atoms with Crippen LogP contribution in [0.2, 0.25) is 10.0 Å². The summed E-state index contributed by atoms with van der Waals surface area (Å²) in [5.41, 5.74) is 1.45. The van der Waals surface area contributed by atoms with Crippen LogP contribution in [0.15, 0.2) is 60.7 Å². The van der Waals surface area contributed by atoms with Crippen LogP contribution in [0.1, 0.15) is 42.4 Å². The minimum atomic E-state index is -1.39. The third-order valence-electron chi connectivity index (χ3n) is 8.11. The second-order valence-corrected chi connectivity index (χ2v) is 10.9. The Morgan fingerprint density at radius 1 is 1.13 bits per heavy atom. The molecule has 0 aromatic heterocycles. The van der Waals surface area contributed by atoms with Crippen molar-refractivity contribution in [2.24, 2.45) is 0 Å². The van der Waals surface area contributed by atoms with Gasteiger partial charge in [-0.05, 0) is 61.2 Å². The summed E-state index contributed by atoms with van der Waals surface area (Å²) in [5.74, 6) is -0.145. The molecule has 0 aliphatic carbocycles. The Balaban J connectivity index is 1.43. The number of halogens is 2. The highest BCUT2D eigenvalue weighted by atomic mass is 35.5. The van der Waals surface area contributed by atoms with Gasteiger partial charge in [0.2, 0.25) is 0 Å². The van der Waals surface area contributed by atoms with E-state index in [1.165, 1.54) is 0 Å². The molecule has 3 heterocycles. The Morgan fingerprint density at radius 2 is 1.90 bits per heavy atom. The minimum absolute atomic E-state index is 0.205. The first-order chi connectivity index (χ1) is 18.9. The van der Waals surface area contributed by atoms with Crippen LogP contribution < -0.4 is 14.8 Å². The van der Waals surface area contributed by atoms with E-state index < -0.39 is 17.5 Å². The number of carbonyl (C=O) groups is 1. The summed E-state index contributed by atoms with van der Waals surface area (Å²) < 4.78 is 12.0. The van der Waals surface area contributed by atoms with E-state index in [0.29, 0.717) is 51.5 Å². The molecule has 2 saturated heterocycles. The van der Waals surface area contributed by atoms with Crippen molar-refractivity contribution in [2.75, 3.05) is 18.5 Å². The first-order valence-electron chi connectivity index (χ1n) is 13.0. The van der Waals surface area contributed by atoms with Gasteiger partial charge in [-0.15, -0.1) is 0 Å². The van der Waals surface area contributed by atoms with Gasteiger partial charge in [-0.25, -0.2) is 0 Å². The number of benzene rings is 3. The number of hydrogen-bond donors (Lipinski definition) is 1. The molecule has 39 heavy (non-hydrogen) atoms. The van der Waals surface area contributed by atoms with Crippen LogP contribution in [0.3, 0.4) is 0 Å². The van der Waals surface area contributed by atoms with Crippen molar-refractivity contribution in [1.29, 1.82) is 0 Å². The molecule has 1 N–H and O–H groups in total. The summed E-state index contributed by atoms with van der Waals surface area (Å²) in [6.45, 7) is 3.05. The topological polar surface area (TPSA) is 93.9 Å². The number of ether oxygens (including phenoxy) is 2. The zero-order valence-corrected chi connectivity index (χ0v) is 22.7. The first-order valence-corrected chi connectivity index (χ1v) is 13.8. The highest BCUT2D eigenvalue weighted by molar-refractivity contribution is 6.32. The number of amides is 1. The molecule has 1 amide bonds. The number of anilines is 1. The third-order valence-corrected chi connectivity index (χ3v) is 8.64. The van der Waals surface area contributed by atoms with Gasteiger partial charge in [0.25, 0.3) is 11.9 Å². The Labute approximate surface area is 236 Å². The maximum Gasteiger partial charge on any atom is 0.256 e. The maximum atomic E-state index is 13.7. The number of nitrogens with one attached hydrogen (secondary N) is 1. The monoisotopic (exact) mass is 567 g/mol. The Hall–Kier alpha value is -3.33. The fourth-order valence-electron chi connectivity index (χ4n) is 6.69. The molecule has 8 nitrogen and oxygen atoms in total. The standard InChI is InChI=1S/C29H27Cl2N3O5/c1-2-38-24-15-18(14-21(31)26(24)39-16-17-9-11-19(30)12-10-17)25-23-8-5-13-33(23)29(27(25)34(36)37)20-6-3-4-7-22(20)32-28(29)35/h3-4,6-7,9-12,14-15,23,25,27H,2,5,8,13,16H2,1H3,(H,32,35)/t23-,25+,27+,29-/m0/s1. The average molecular weight is 568 g/mol. The smallest absolute Gasteiger partial charge is 0.256 e. The summed E-state index contributed by atoms with van der Waals surface area (Å²) in [4.78, 5) is 28.3. The molecule has 0 unspecified atom stereocenters. The fraction of sp³-hybridized carbons (Fsp3) is 0.345. The van der Waals surface area contributed by atoms with E-state index in [1.807, 2.05) is 42.2 Å². The largest absolute Gasteiger partial charge is 0.490 e. The highest BCUT2D eigenvalue weighted by Gasteiger charge is 2.73. The lowest BCUT2D eigenvalue weighted by molar-refractivity contribution is -0.534. The quantitative estimate of drug-likeness (QED) is 0.277. The van der Waals surface area contributed by atoms with Crippen molar-refractivity contribution >= 4 is 34.8 Å². The van der Waals surface area contributed by atoms with Crippen LogP contribution in [-0.4, -0.2) is 41.0 Å². The van der Waals surface area contributed by atoms with Gasteiger partial charge in [0.1, 0.15) is 6.61 Å². The summed E-state index contributed by atoms with van der Waals surface area (Å²) in [7, 11) is 0. The zero-order chi connectivity index (χ0) is 27.3. The highest BCUT2D eigenvalue weighted by Crippen LogP contribution is 2.58. The van der Waals surface area contributed by atoms with Crippen molar-refractivity contribution in [3.8, 4) is 11.5 Å². The van der Waals surface area contributed by atoms with Gasteiger partial charge < -0.3 is 14.8 Å². The van der Waals surface area contributed by atoms with Crippen LogP contribution in [0, 0.1) is 10.1 Å². The summed E-state index contributed by atoms with van der Waals surface area (Å²) in [5, 5.41) is 16.7. The second kappa shape index (κ2) is 10.0. The predicted octanol–water partition coefficient (Wildman–Crippen LogP) is 6.03. The molecule has 0 bridgehead atoms. The molecule has 3 aromatic rings. The number of fused-ring (bicyclic) bond motifs is 4. The van der Waals surface area contributed by atoms with E-state index in [2.05, 4.69) is 5.32 Å². The minimum Gasteiger partial charge on any atom is -0.490 e. The molecule has 3 aromatic carbocycles. The number of para-hydroxylation sites is 1. The van der Waals surface area contributed by atoms with E-state index >= 15 is 0 Å². The van der Waals surface area contributed by atoms with Gasteiger partial charge >= 0.3 is 0 Å². The van der Waals surface area contributed by atoms with Crippen LogP contribution in [-0.2, 0) is 16.9 Å². The van der Waals surface area contributed by atoms with Gasteiger partial charge in [-0.3, -0.25) is 19.8 Å². The molecule has 10 heteroatoms. The van der Waals surface area contributed by atoms with Crippen LogP contribution in [0.4, 0.5) is 5.69 Å². The van der Waals surface area contributed by atoms with Gasteiger partial charge in [0, 0.05) is 33.8 Å². The fourth-order valence-corrected chi connectivity index (χ4v) is 7.09. The third kappa shape index (κ3) is 4.04. The predicted molar refractivity (Wildman–Crippen MR) is 148 cm³/mol. The molecule has 0 saturated carbocycles. The molecule has 4 atom stereocenters. The number of carbonyl (C=O) groups excluding carboxylic acids is 1. The van der Waals surface area contributed by atoms with Crippen LogP contribution in [0.25, 0.3) is 0 Å². The van der Waals surface area contributed by atoms with E-state index in [4.69, 9.17) is 32.7 Å². The maximum absolute atomic E-state index is 13.7. The van der Waals surface area contributed by atoms with Crippen molar-refractivity contribution in [1.82, 2.24) is 4.90 Å². The molecular weight excluding hydrogens is 541 g/mol. The lowest BCUT2D eigenvalue weighted by Crippen LogP contribution is -2.55. The number of nitro groups is 1. The first kappa shape index (κ1) is 25.9. The van der Waals surface area contributed by atoms with E-state index in [9.17, 15) is 14.9 Å². The molecule has 202 valence electrons. The summed E-state index contributed by atoms with van der Waals surface area (Å²) in [6, 6.07) is 16.7. The molecule has 0 radical (unpaired) electrons. The molecule has 1 spiro atoms. The van der Waals surface area contributed by atoms with Crippen molar-refractivity contribution in [3.05, 3.63) is 97.5 Å². The second-order valence-electron chi connectivity index (χ2n) is 10.1. The lowest BCUT2D eigenvalue weighted by atomic mass is 9.77. The lowest BCUT2D eigenvalue weighted by Gasteiger charge is -2.32. The van der Waals surface area contributed by atoms with E-state index in [0.717, 1.165) is 18.4 Å². The van der Waals surface area contributed by atoms with Crippen molar-refractivity contribution < 1.29 is 19.2 Å². The average Bonchev–Trinajstić information content (AvgIpc) is 3.57. The Bertz CT molecular complexity index is 1450. The van der Waals surface area contributed by atoms with E-state index in [-0.39, 0.29) is 23.5 Å². The van der Waals surface area contributed by atoms with Gasteiger partial charge in [0.15, 0.2) is 17.0 Å². The number of rotatable bonds is 7. The van der Waals surface area contributed by atoms with Gasteiger partial charge in [-0.1, -0.05) is 53.5 Å². The van der Waals surface area contributed by atoms with Crippen LogP contribution >= 0.6 is 23.2 Å². The zero-order valence-electron chi connectivity index (χ0n) is 21.2. The summed E-state index contributed by atoms with van der Waals surface area (Å²) in [6.07, 6.45) is 1.58. The molecule has 3 aliphatic rings. The summed E-state index contributed by atoms with van der Waals surface area (Å²) >= 11 is 12.8. The van der Waals surface area contributed by atoms with Crippen LogP contribution in [0.5, 0.6) is 11.5 Å². The Morgan fingerprint density at radius 3 is 2.64 bits per heavy atom. The van der Waals surface area contributed by atoms with E-state index in [1.54, 1.807) is 30.3 Å². The SMILES string of the molecule is CCOc1cc([C@@H]2[C@@H]3CCCN3[C@]3(C(=O)Nc4ccccc43)[C@@H]2[N+](=O)[O-])cc(Cl)c1OCc1ccc(Cl)cc1. The van der Waals surface area contributed by atoms with Crippen molar-refractivity contribution in [3.63, 3.8) is 0 Å². The molecule has 2 fully saturated rings.